The van der Waals surface area contributed by atoms with Crippen LogP contribution in [0.4, 0.5) is 0 Å². The Kier molecular flexibility index (Phi) is 6.51. The molecule has 0 aliphatic carbocycles. The lowest BCUT2D eigenvalue weighted by Crippen LogP contribution is -2.50. The molecule has 1 heterocycles. The lowest BCUT2D eigenvalue weighted by atomic mass is 10.3. The lowest BCUT2D eigenvalue weighted by Gasteiger charge is -2.31. The number of hydrogen-bond donors (Lipinski definition) is 2. The first-order valence-electron chi connectivity index (χ1n) is 4.47. The maximum Gasteiger partial charge on any atom is 0.120 e. The molecule has 1 unspecified atom stereocenters. The van der Waals surface area contributed by atoms with Crippen LogP contribution in [0, 0.1) is 0 Å². The van der Waals surface area contributed by atoms with Crippen molar-refractivity contribution in [2.45, 2.75) is 27.0 Å². The summed E-state index contributed by atoms with van der Waals surface area (Å²) in [7, 11) is 0. The number of nitrogens with one attached hydrogen (secondary N) is 1. The fourth-order valence-corrected chi connectivity index (χ4v) is 1.10. The van der Waals surface area contributed by atoms with Crippen molar-refractivity contribution in [3.63, 3.8) is 0 Å². The van der Waals surface area contributed by atoms with Crippen molar-refractivity contribution in [1.82, 2.24) is 10.2 Å². The van der Waals surface area contributed by atoms with Gasteiger partial charge >= 0.3 is 0 Å². The average Bonchev–Trinajstić information content (AvgIpc) is 2.09. The molecule has 1 aliphatic rings. The summed E-state index contributed by atoms with van der Waals surface area (Å²) < 4.78 is 0. The summed E-state index contributed by atoms with van der Waals surface area (Å²) in [5, 5.41) is 12.3. The van der Waals surface area contributed by atoms with Crippen molar-refractivity contribution in [3.05, 3.63) is 0 Å². The van der Waals surface area contributed by atoms with E-state index in [-0.39, 0.29) is 6.23 Å². The molecule has 68 valence electrons. The quantitative estimate of drug-likeness (QED) is 0.577. The Morgan fingerprint density at radius 2 is 2.18 bits per heavy atom. The maximum atomic E-state index is 9.23. The monoisotopic (exact) mass is 160 g/mol. The second kappa shape index (κ2) is 6.58. The summed E-state index contributed by atoms with van der Waals surface area (Å²) in [6.07, 6.45) is -0.260. The second-order valence-electron chi connectivity index (χ2n) is 2.31. The van der Waals surface area contributed by atoms with Gasteiger partial charge in [-0.05, 0) is 6.54 Å². The van der Waals surface area contributed by atoms with Gasteiger partial charge in [0.1, 0.15) is 6.23 Å². The Morgan fingerprint density at radius 1 is 1.55 bits per heavy atom. The van der Waals surface area contributed by atoms with E-state index < -0.39 is 0 Å². The third-order valence-corrected chi connectivity index (χ3v) is 1.73. The van der Waals surface area contributed by atoms with E-state index in [1.54, 1.807) is 0 Å². The number of nitrogens with zero attached hydrogens (tertiary/aromatic N) is 1. The van der Waals surface area contributed by atoms with Crippen LogP contribution in [0.5, 0.6) is 0 Å². The highest BCUT2D eigenvalue weighted by molar-refractivity contribution is 4.69. The van der Waals surface area contributed by atoms with Crippen molar-refractivity contribution in [1.29, 1.82) is 0 Å². The van der Waals surface area contributed by atoms with Crippen molar-refractivity contribution in [3.8, 4) is 0 Å². The summed E-state index contributed by atoms with van der Waals surface area (Å²) in [6.45, 7) is 9.70. The highest BCUT2D eigenvalue weighted by atomic mass is 16.3. The lowest BCUT2D eigenvalue weighted by molar-refractivity contribution is -0.00885. The minimum atomic E-state index is -0.260. The molecule has 0 aromatic heterocycles. The highest BCUT2D eigenvalue weighted by Gasteiger charge is 2.16. The molecule has 11 heavy (non-hydrogen) atoms. The standard InChI is InChI=1S/C6H14N2O.C2H6/c1-2-8-4-3-7-5-6(8)9;1-2/h6-7,9H,2-5H2,1H3;1-2H3. The van der Waals surface area contributed by atoms with Crippen LogP contribution in [0.15, 0.2) is 0 Å². The van der Waals surface area contributed by atoms with Crippen molar-refractivity contribution < 1.29 is 5.11 Å². The summed E-state index contributed by atoms with van der Waals surface area (Å²) in [5.74, 6) is 0. The predicted octanol–water partition coefficient (Wildman–Crippen LogP) is 0.256. The van der Waals surface area contributed by atoms with Gasteiger partial charge in [0, 0.05) is 19.6 Å². The van der Waals surface area contributed by atoms with Gasteiger partial charge in [-0.2, -0.15) is 0 Å². The third kappa shape index (κ3) is 3.70. The zero-order chi connectivity index (χ0) is 8.69. The van der Waals surface area contributed by atoms with Crippen molar-refractivity contribution >= 4 is 0 Å². The van der Waals surface area contributed by atoms with Crippen LogP contribution in [0.25, 0.3) is 0 Å². The Hall–Kier alpha value is -0.120. The van der Waals surface area contributed by atoms with Crippen LogP contribution in [0.2, 0.25) is 0 Å². The first-order valence-corrected chi connectivity index (χ1v) is 4.47. The Labute approximate surface area is 69.4 Å². The Bertz CT molecular complexity index is 88.2. The van der Waals surface area contributed by atoms with Gasteiger partial charge in [-0.1, -0.05) is 20.8 Å². The largest absolute Gasteiger partial charge is 0.377 e. The summed E-state index contributed by atoms with van der Waals surface area (Å²) >= 11 is 0. The predicted molar refractivity (Wildman–Crippen MR) is 47.5 cm³/mol. The fraction of sp³-hybridized carbons (Fsp3) is 1.00. The first-order chi connectivity index (χ1) is 5.34. The van der Waals surface area contributed by atoms with E-state index >= 15 is 0 Å². The van der Waals surface area contributed by atoms with Gasteiger partial charge < -0.3 is 10.4 Å². The Morgan fingerprint density at radius 3 is 2.55 bits per heavy atom. The SMILES string of the molecule is CC.CCN1CCNCC1O. The van der Waals surface area contributed by atoms with E-state index in [1.165, 1.54) is 0 Å². The molecular weight excluding hydrogens is 140 g/mol. The number of β-amino-alcohol motifs (C(OH)–C–C–N with tert-alkyl or cyclic N) is 1. The number of aliphatic hydroxyl groups excluding tert-OH is 1. The first kappa shape index (κ1) is 10.9. The van der Waals surface area contributed by atoms with E-state index in [1.807, 2.05) is 13.8 Å². The zero-order valence-corrected chi connectivity index (χ0v) is 7.80. The van der Waals surface area contributed by atoms with Gasteiger partial charge in [-0.3, -0.25) is 4.90 Å². The molecule has 0 spiro atoms. The van der Waals surface area contributed by atoms with E-state index in [4.69, 9.17) is 0 Å². The van der Waals surface area contributed by atoms with Crippen LogP contribution in [-0.2, 0) is 0 Å². The normalized spacial score (nSPS) is 25.6. The van der Waals surface area contributed by atoms with Gasteiger partial charge in [0.25, 0.3) is 0 Å². The van der Waals surface area contributed by atoms with Crippen LogP contribution < -0.4 is 5.32 Å². The van der Waals surface area contributed by atoms with E-state index in [2.05, 4.69) is 17.1 Å². The third-order valence-electron chi connectivity index (χ3n) is 1.73. The fourth-order valence-electron chi connectivity index (χ4n) is 1.10. The van der Waals surface area contributed by atoms with E-state index in [0.717, 1.165) is 19.6 Å². The molecule has 1 saturated heterocycles. The second-order valence-corrected chi connectivity index (χ2v) is 2.31. The van der Waals surface area contributed by atoms with Crippen molar-refractivity contribution in [2.24, 2.45) is 0 Å². The molecule has 3 nitrogen and oxygen atoms in total. The molecule has 0 amide bonds. The van der Waals surface area contributed by atoms with Gasteiger partial charge in [-0.15, -0.1) is 0 Å². The smallest absolute Gasteiger partial charge is 0.120 e. The van der Waals surface area contributed by atoms with Gasteiger partial charge in [0.05, 0.1) is 0 Å². The molecular formula is C8H20N2O. The number of likely N-dealkylation sites (N-methyl/N-ethyl adjacent to an activating group) is 1. The number of rotatable bonds is 1. The molecule has 0 aromatic rings. The summed E-state index contributed by atoms with van der Waals surface area (Å²) in [6, 6.07) is 0. The van der Waals surface area contributed by atoms with Crippen molar-refractivity contribution in [2.75, 3.05) is 26.2 Å². The van der Waals surface area contributed by atoms with Crippen LogP contribution in [0.1, 0.15) is 20.8 Å². The molecule has 1 fully saturated rings. The summed E-state index contributed by atoms with van der Waals surface area (Å²) in [4.78, 5) is 2.05. The van der Waals surface area contributed by atoms with E-state index in [0.29, 0.717) is 6.54 Å². The topological polar surface area (TPSA) is 35.5 Å². The molecule has 0 bridgehead atoms. The molecule has 3 heteroatoms. The molecule has 1 atom stereocenters. The number of piperazine rings is 1. The number of hydrogen-bond acceptors (Lipinski definition) is 3. The minimum absolute atomic E-state index is 0.260. The van der Waals surface area contributed by atoms with Gasteiger partial charge in [0.2, 0.25) is 0 Å². The zero-order valence-electron chi connectivity index (χ0n) is 7.80. The summed E-state index contributed by atoms with van der Waals surface area (Å²) in [5.41, 5.74) is 0. The maximum absolute atomic E-state index is 9.23. The van der Waals surface area contributed by atoms with Crippen LogP contribution >= 0.6 is 0 Å². The van der Waals surface area contributed by atoms with Gasteiger partial charge in [-0.25, -0.2) is 0 Å². The molecule has 0 radical (unpaired) electrons. The van der Waals surface area contributed by atoms with Crippen LogP contribution in [-0.4, -0.2) is 42.4 Å². The molecule has 1 aliphatic heterocycles. The van der Waals surface area contributed by atoms with Crippen LogP contribution in [0.3, 0.4) is 0 Å². The van der Waals surface area contributed by atoms with Gasteiger partial charge in [0.15, 0.2) is 0 Å². The molecule has 0 saturated carbocycles. The van der Waals surface area contributed by atoms with E-state index in [9.17, 15) is 5.11 Å². The molecule has 1 rings (SSSR count). The molecule has 2 N–H and O–H groups in total. The molecule has 0 aromatic carbocycles. The minimum Gasteiger partial charge on any atom is -0.377 e. The Balaban J connectivity index is 0.000000461. The average molecular weight is 160 g/mol. The number of aliphatic hydroxyl groups is 1. The highest BCUT2D eigenvalue weighted by Crippen LogP contribution is 1.97.